The van der Waals surface area contributed by atoms with E-state index in [2.05, 4.69) is 31.1 Å². The maximum Gasteiger partial charge on any atom is 0.416 e. The molecule has 1 unspecified atom stereocenters. The van der Waals surface area contributed by atoms with Crippen molar-refractivity contribution in [3.05, 3.63) is 17.7 Å². The minimum absolute atomic E-state index is 0.0696. The molecule has 0 aliphatic carbocycles. The Bertz CT molecular complexity index is 436. The van der Waals surface area contributed by atoms with Crippen LogP contribution >= 0.6 is 0 Å². The van der Waals surface area contributed by atoms with Crippen molar-refractivity contribution in [1.82, 2.24) is 4.98 Å². The van der Waals surface area contributed by atoms with Crippen LogP contribution in [-0.2, 0) is 6.18 Å². The molecule has 0 amide bonds. The molecular weight excluding hydrogens is 255 g/mol. The van der Waals surface area contributed by atoms with Gasteiger partial charge in [0.25, 0.3) is 0 Å². The number of aromatic nitrogens is 1. The summed E-state index contributed by atoms with van der Waals surface area (Å²) < 4.78 is 37.9. The number of nitrogens with two attached hydrogens (primary N) is 1. The first-order valence-corrected chi connectivity index (χ1v) is 6.09. The predicted molar refractivity (Wildman–Crippen MR) is 70.8 cm³/mol. The molecule has 0 aliphatic rings. The summed E-state index contributed by atoms with van der Waals surface area (Å²) in [7, 11) is 0. The highest BCUT2D eigenvalue weighted by atomic mass is 19.4. The fraction of sp³-hybridized carbons (Fsp3) is 0.615. The Morgan fingerprint density at radius 1 is 1.26 bits per heavy atom. The maximum atomic E-state index is 12.6. The fourth-order valence-corrected chi connectivity index (χ4v) is 1.37. The first-order valence-electron chi connectivity index (χ1n) is 6.09. The average Bonchev–Trinajstić information content (AvgIpc) is 2.22. The third kappa shape index (κ3) is 4.61. The topological polar surface area (TPSA) is 50.9 Å². The molecule has 0 saturated carbocycles. The van der Waals surface area contributed by atoms with Gasteiger partial charge in [-0.1, -0.05) is 27.7 Å². The Balaban J connectivity index is 2.83. The molecule has 1 aromatic rings. The molecule has 1 heterocycles. The van der Waals surface area contributed by atoms with E-state index in [1.807, 2.05) is 6.92 Å². The Hall–Kier alpha value is -1.46. The lowest BCUT2D eigenvalue weighted by Crippen LogP contribution is -2.25. The van der Waals surface area contributed by atoms with Crippen LogP contribution in [0.15, 0.2) is 12.1 Å². The number of nitrogens with one attached hydrogen (secondary N) is 1. The molecule has 3 N–H and O–H groups in total. The molecular formula is C13H20F3N3. The summed E-state index contributed by atoms with van der Waals surface area (Å²) in [5, 5.41) is 2.91. The van der Waals surface area contributed by atoms with Gasteiger partial charge in [-0.25, -0.2) is 4.98 Å². The highest BCUT2D eigenvalue weighted by molar-refractivity contribution is 5.47. The van der Waals surface area contributed by atoms with Gasteiger partial charge in [-0.15, -0.1) is 0 Å². The van der Waals surface area contributed by atoms with Crippen molar-refractivity contribution in [3.63, 3.8) is 0 Å². The molecule has 108 valence electrons. The molecule has 0 radical (unpaired) electrons. The quantitative estimate of drug-likeness (QED) is 0.882. The minimum atomic E-state index is -4.41. The highest BCUT2D eigenvalue weighted by Crippen LogP contribution is 2.32. The van der Waals surface area contributed by atoms with Gasteiger partial charge in [-0.05, 0) is 23.5 Å². The molecule has 0 fully saturated rings. The molecule has 0 spiro atoms. The number of nitrogens with zero attached hydrogens (tertiary/aromatic N) is 1. The summed E-state index contributed by atoms with van der Waals surface area (Å²) in [5.74, 6) is 0.300. The molecule has 3 nitrogen and oxygen atoms in total. The SMILES string of the molecule is CC(CNc1cc(C(F)(F)F)cc(N)n1)C(C)(C)C. The van der Waals surface area contributed by atoms with Gasteiger partial charge < -0.3 is 11.1 Å². The van der Waals surface area contributed by atoms with Crippen LogP contribution in [0.4, 0.5) is 24.8 Å². The Labute approximate surface area is 111 Å². The zero-order valence-corrected chi connectivity index (χ0v) is 11.6. The number of rotatable bonds is 3. The molecule has 0 saturated heterocycles. The van der Waals surface area contributed by atoms with E-state index >= 15 is 0 Å². The molecule has 1 atom stereocenters. The minimum Gasteiger partial charge on any atom is -0.384 e. The van der Waals surface area contributed by atoms with Crippen molar-refractivity contribution in [3.8, 4) is 0 Å². The fourth-order valence-electron chi connectivity index (χ4n) is 1.37. The summed E-state index contributed by atoms with van der Waals surface area (Å²) >= 11 is 0. The van der Waals surface area contributed by atoms with E-state index < -0.39 is 11.7 Å². The van der Waals surface area contributed by atoms with Crippen molar-refractivity contribution < 1.29 is 13.2 Å². The Morgan fingerprint density at radius 3 is 2.32 bits per heavy atom. The highest BCUT2D eigenvalue weighted by Gasteiger charge is 2.31. The first-order chi connectivity index (χ1) is 8.50. The van der Waals surface area contributed by atoms with Crippen molar-refractivity contribution in [2.24, 2.45) is 11.3 Å². The Kier molecular flexibility index (Phi) is 4.32. The molecule has 0 aliphatic heterocycles. The van der Waals surface area contributed by atoms with Gasteiger partial charge in [0.05, 0.1) is 5.56 Å². The molecule has 0 aromatic carbocycles. The summed E-state index contributed by atoms with van der Waals surface area (Å²) in [6.45, 7) is 8.80. The lowest BCUT2D eigenvalue weighted by Gasteiger charge is -2.27. The zero-order chi connectivity index (χ0) is 14.8. The molecule has 19 heavy (non-hydrogen) atoms. The number of halogens is 3. The lowest BCUT2D eigenvalue weighted by molar-refractivity contribution is -0.137. The molecule has 0 bridgehead atoms. The zero-order valence-electron chi connectivity index (χ0n) is 11.6. The second-order valence-electron chi connectivity index (χ2n) is 5.81. The van der Waals surface area contributed by atoms with Gasteiger partial charge in [0, 0.05) is 6.54 Å². The van der Waals surface area contributed by atoms with Crippen LogP contribution in [0, 0.1) is 11.3 Å². The number of pyridine rings is 1. The number of anilines is 2. The standard InChI is InChI=1S/C13H20F3N3/c1-8(12(2,3)4)7-18-11-6-9(13(14,15)16)5-10(17)19-11/h5-6,8H,7H2,1-4H3,(H3,17,18,19). The predicted octanol–water partition coefficient (Wildman–Crippen LogP) is 3.78. The van der Waals surface area contributed by atoms with Gasteiger partial charge >= 0.3 is 6.18 Å². The lowest BCUT2D eigenvalue weighted by atomic mass is 9.82. The second-order valence-corrected chi connectivity index (χ2v) is 5.81. The van der Waals surface area contributed by atoms with Crippen LogP contribution in [0.1, 0.15) is 33.3 Å². The summed E-state index contributed by atoms with van der Waals surface area (Å²) in [6.07, 6.45) is -4.41. The normalized spacial score (nSPS) is 14.3. The van der Waals surface area contributed by atoms with E-state index in [4.69, 9.17) is 5.73 Å². The van der Waals surface area contributed by atoms with Crippen molar-refractivity contribution in [1.29, 1.82) is 0 Å². The summed E-state index contributed by atoms with van der Waals surface area (Å²) in [6, 6.07) is 1.81. The van der Waals surface area contributed by atoms with Gasteiger partial charge in [-0.3, -0.25) is 0 Å². The van der Waals surface area contributed by atoms with Crippen molar-refractivity contribution >= 4 is 11.6 Å². The molecule has 1 rings (SSSR count). The van der Waals surface area contributed by atoms with Crippen LogP contribution in [0.5, 0.6) is 0 Å². The summed E-state index contributed by atoms with van der Waals surface area (Å²) in [5.41, 5.74) is 4.68. The van der Waals surface area contributed by atoms with E-state index in [0.717, 1.165) is 12.1 Å². The monoisotopic (exact) mass is 275 g/mol. The number of nitrogen functional groups attached to an aromatic ring is 1. The van der Waals surface area contributed by atoms with E-state index in [-0.39, 0.29) is 23.0 Å². The first kappa shape index (κ1) is 15.6. The number of hydrogen-bond donors (Lipinski definition) is 2. The Morgan fingerprint density at radius 2 is 1.84 bits per heavy atom. The van der Waals surface area contributed by atoms with Crippen LogP contribution in [0.25, 0.3) is 0 Å². The van der Waals surface area contributed by atoms with Crippen LogP contribution in [-0.4, -0.2) is 11.5 Å². The molecule has 6 heteroatoms. The van der Waals surface area contributed by atoms with Gasteiger partial charge in [-0.2, -0.15) is 13.2 Å². The average molecular weight is 275 g/mol. The largest absolute Gasteiger partial charge is 0.416 e. The van der Waals surface area contributed by atoms with Gasteiger partial charge in [0.1, 0.15) is 11.6 Å². The van der Waals surface area contributed by atoms with Crippen LogP contribution in [0.2, 0.25) is 0 Å². The smallest absolute Gasteiger partial charge is 0.384 e. The third-order valence-corrected chi connectivity index (χ3v) is 3.24. The van der Waals surface area contributed by atoms with E-state index in [9.17, 15) is 13.2 Å². The van der Waals surface area contributed by atoms with Crippen molar-refractivity contribution in [2.75, 3.05) is 17.6 Å². The van der Waals surface area contributed by atoms with Crippen molar-refractivity contribution in [2.45, 2.75) is 33.9 Å². The van der Waals surface area contributed by atoms with Gasteiger partial charge in [0.15, 0.2) is 0 Å². The summed E-state index contributed by atoms with van der Waals surface area (Å²) in [4.78, 5) is 3.87. The molecule has 1 aromatic heterocycles. The number of hydrogen-bond acceptors (Lipinski definition) is 3. The van der Waals surface area contributed by atoms with Gasteiger partial charge in [0.2, 0.25) is 0 Å². The number of alkyl halides is 3. The second kappa shape index (κ2) is 5.27. The third-order valence-electron chi connectivity index (χ3n) is 3.24. The van der Waals surface area contributed by atoms with Crippen LogP contribution < -0.4 is 11.1 Å². The van der Waals surface area contributed by atoms with E-state index in [1.165, 1.54) is 0 Å². The van der Waals surface area contributed by atoms with Crippen LogP contribution in [0.3, 0.4) is 0 Å². The van der Waals surface area contributed by atoms with E-state index in [0.29, 0.717) is 6.54 Å². The van der Waals surface area contributed by atoms with E-state index in [1.54, 1.807) is 0 Å². The maximum absolute atomic E-state index is 12.6.